The van der Waals surface area contributed by atoms with Gasteiger partial charge in [-0.15, -0.1) is 0 Å². The number of likely N-dealkylation sites (N-methyl/N-ethyl adjacent to an activating group) is 2. The van der Waals surface area contributed by atoms with Crippen molar-refractivity contribution in [1.82, 2.24) is 15.1 Å². The minimum Gasteiger partial charge on any atom is -0.495 e. The minimum atomic E-state index is -1.83. The Morgan fingerprint density at radius 3 is 2.47 bits per heavy atom. The fourth-order valence-electron chi connectivity index (χ4n) is 7.18. The molecule has 1 aromatic carbocycles. The van der Waals surface area contributed by atoms with Crippen LogP contribution in [0, 0.1) is 5.92 Å². The fraction of sp³-hybridized carbons (Fsp3) is 0.600. The molecular weight excluding hydrogens is 732 g/mol. The quantitative estimate of drug-likeness (QED) is 0.263. The molecule has 9 atom stereocenters. The number of esters is 1. The van der Waals surface area contributed by atoms with Crippen LogP contribution in [-0.2, 0) is 39.8 Å². The summed E-state index contributed by atoms with van der Waals surface area (Å²) in [6.07, 6.45) is 1.51. The maximum Gasteiger partial charge on any atom is 0.409 e. The molecule has 2 saturated heterocycles. The minimum absolute atomic E-state index is 0.0569. The maximum atomic E-state index is 14.2. The van der Waals surface area contributed by atoms with Gasteiger partial charge in [-0.25, -0.2) is 9.59 Å². The maximum absolute atomic E-state index is 14.2. The Morgan fingerprint density at radius 1 is 1.18 bits per heavy atom. The third kappa shape index (κ3) is 9.31. The van der Waals surface area contributed by atoms with Crippen LogP contribution >= 0.6 is 11.6 Å². The number of amides is 3. The van der Waals surface area contributed by atoms with Gasteiger partial charge in [0.15, 0.2) is 5.72 Å². The summed E-state index contributed by atoms with van der Waals surface area (Å²) in [5, 5.41) is 14.5. The van der Waals surface area contributed by atoms with Crippen LogP contribution in [0.2, 0.25) is 5.02 Å². The SMILES string of the molecule is C=C(CC)N(C)C(C)C(=O)N(C)C(C)C(=O)OC1CC(=O)N(C)c2cc(cc(OC)c2Cl)CC(C)=CC=CC(OC)C2(O)CC(OC(=O)N2)C(C)C2OC12C. The largest absolute Gasteiger partial charge is 0.495 e. The number of halogens is 1. The number of methoxy groups -OCH3 is 2. The highest BCUT2D eigenvalue weighted by Gasteiger charge is 2.64. The van der Waals surface area contributed by atoms with Crippen LogP contribution in [-0.4, -0.2) is 122 Å². The summed E-state index contributed by atoms with van der Waals surface area (Å²) < 4.78 is 29.3. The summed E-state index contributed by atoms with van der Waals surface area (Å²) >= 11 is 6.78. The van der Waals surface area contributed by atoms with Crippen molar-refractivity contribution in [3.05, 3.63) is 58.8 Å². The first-order valence-corrected chi connectivity index (χ1v) is 18.9. The summed E-state index contributed by atoms with van der Waals surface area (Å²) in [7, 11) is 7.79. The van der Waals surface area contributed by atoms with Crippen molar-refractivity contribution < 1.29 is 48.0 Å². The van der Waals surface area contributed by atoms with Gasteiger partial charge in [-0.1, -0.05) is 55.8 Å². The summed E-state index contributed by atoms with van der Waals surface area (Å²) in [4.78, 5) is 59.0. The number of carbonyl (C=O) groups excluding carboxylic acids is 4. The summed E-state index contributed by atoms with van der Waals surface area (Å²) in [5.41, 5.74) is -0.188. The van der Waals surface area contributed by atoms with Crippen LogP contribution in [0.15, 0.2) is 48.2 Å². The number of ether oxygens (including phenoxy) is 5. The van der Waals surface area contributed by atoms with Crippen molar-refractivity contribution in [3.63, 3.8) is 0 Å². The van der Waals surface area contributed by atoms with Crippen LogP contribution in [0.3, 0.4) is 0 Å². The van der Waals surface area contributed by atoms with E-state index in [2.05, 4.69) is 11.9 Å². The van der Waals surface area contributed by atoms with Gasteiger partial charge < -0.3 is 43.5 Å². The number of alkyl carbamates (subject to hydrolysis) is 1. The van der Waals surface area contributed by atoms with Gasteiger partial charge in [-0.2, -0.15) is 0 Å². The van der Waals surface area contributed by atoms with Gasteiger partial charge in [0.1, 0.15) is 46.8 Å². The smallest absolute Gasteiger partial charge is 0.409 e. The Balaban J connectivity index is 1.75. The number of fused-ring (bicyclic) bond motifs is 5. The van der Waals surface area contributed by atoms with Gasteiger partial charge in [0.2, 0.25) is 11.8 Å². The van der Waals surface area contributed by atoms with Gasteiger partial charge in [0, 0.05) is 46.3 Å². The lowest BCUT2D eigenvalue weighted by Crippen LogP contribution is -2.63. The van der Waals surface area contributed by atoms with Crippen LogP contribution in [0.1, 0.15) is 66.4 Å². The molecule has 3 heterocycles. The second-order valence-electron chi connectivity index (χ2n) is 15.1. The summed E-state index contributed by atoms with van der Waals surface area (Å²) in [6.45, 7) is 14.7. The second kappa shape index (κ2) is 17.4. The zero-order valence-electron chi connectivity index (χ0n) is 33.8. The summed E-state index contributed by atoms with van der Waals surface area (Å²) in [6, 6.07) is 1.95. The molecule has 0 spiro atoms. The molecule has 0 saturated carbocycles. The molecule has 14 nitrogen and oxygen atoms in total. The zero-order chi connectivity index (χ0) is 41.2. The molecule has 15 heteroatoms. The molecule has 4 bridgehead atoms. The first-order chi connectivity index (χ1) is 25.7. The molecule has 2 N–H and O–H groups in total. The molecule has 0 aromatic heterocycles. The average Bonchev–Trinajstić information content (AvgIpc) is 3.85. The van der Waals surface area contributed by atoms with E-state index in [1.165, 1.54) is 31.1 Å². The van der Waals surface area contributed by atoms with Gasteiger partial charge in [-0.3, -0.25) is 14.9 Å². The molecular formula is C40H57ClN4O10. The molecule has 3 aliphatic heterocycles. The van der Waals surface area contributed by atoms with Crippen molar-refractivity contribution in [2.45, 2.75) is 115 Å². The van der Waals surface area contributed by atoms with Crippen LogP contribution in [0.4, 0.5) is 10.5 Å². The number of rotatable bonds is 9. The summed E-state index contributed by atoms with van der Waals surface area (Å²) in [5.74, 6) is -1.68. The molecule has 3 amide bonds. The van der Waals surface area contributed by atoms with Gasteiger partial charge >= 0.3 is 12.1 Å². The molecule has 55 heavy (non-hydrogen) atoms. The first-order valence-electron chi connectivity index (χ1n) is 18.5. The fourth-order valence-corrected chi connectivity index (χ4v) is 7.49. The zero-order valence-corrected chi connectivity index (χ0v) is 34.6. The molecule has 304 valence electrons. The van der Waals surface area contributed by atoms with Crippen molar-refractivity contribution in [3.8, 4) is 5.75 Å². The highest BCUT2D eigenvalue weighted by molar-refractivity contribution is 6.35. The van der Waals surface area contributed by atoms with E-state index in [1.807, 2.05) is 19.9 Å². The standard InChI is InChI=1S/C40H57ClN4O10/c1-13-23(3)43(8)25(5)36(47)44(9)26(6)37(48)54-32-20-33(46)45(10)28-18-27(19-29(51-11)34(28)41)17-22(2)15-14-16-31(52-12)40(50)21-30(53-38(49)42-40)24(4)35-39(32,7)55-35/h14-16,18-19,24-26,30-32,35,50H,3,13,17,20-21H2,1-2,4-12H3,(H,42,49). The number of hydrogen-bond donors (Lipinski definition) is 2. The Morgan fingerprint density at radius 2 is 1.85 bits per heavy atom. The van der Waals surface area contributed by atoms with Crippen molar-refractivity contribution in [1.29, 1.82) is 0 Å². The van der Waals surface area contributed by atoms with E-state index in [9.17, 15) is 24.3 Å². The average molecular weight is 789 g/mol. The predicted molar refractivity (Wildman–Crippen MR) is 208 cm³/mol. The normalized spacial score (nSPS) is 29.4. The van der Waals surface area contributed by atoms with Crippen LogP contribution in [0.5, 0.6) is 5.75 Å². The van der Waals surface area contributed by atoms with E-state index in [1.54, 1.807) is 71.0 Å². The number of nitrogens with zero attached hydrogens (tertiary/aromatic N) is 3. The number of epoxide rings is 1. The number of aliphatic hydroxyl groups is 1. The van der Waals surface area contributed by atoms with Crippen LogP contribution in [0.25, 0.3) is 0 Å². The third-order valence-electron chi connectivity index (χ3n) is 11.3. The van der Waals surface area contributed by atoms with E-state index >= 15 is 0 Å². The molecule has 0 aliphatic carbocycles. The van der Waals surface area contributed by atoms with E-state index in [-0.39, 0.29) is 23.8 Å². The van der Waals surface area contributed by atoms with E-state index in [0.29, 0.717) is 24.3 Å². The molecule has 1 aromatic rings. The monoisotopic (exact) mass is 788 g/mol. The Labute approximate surface area is 329 Å². The van der Waals surface area contributed by atoms with Crippen LogP contribution < -0.4 is 15.0 Å². The number of carbonyl (C=O) groups is 4. The molecule has 3 aliphatic rings. The van der Waals surface area contributed by atoms with Gasteiger partial charge in [-0.05, 0) is 58.2 Å². The number of allylic oxidation sites excluding steroid dienone is 4. The lowest BCUT2D eigenvalue weighted by Gasteiger charge is -2.42. The Bertz CT molecular complexity index is 1720. The molecule has 4 rings (SSSR count). The lowest BCUT2D eigenvalue weighted by atomic mass is 9.83. The molecule has 0 radical (unpaired) electrons. The van der Waals surface area contributed by atoms with E-state index < -0.39 is 71.7 Å². The van der Waals surface area contributed by atoms with Crippen molar-refractivity contribution in [2.75, 3.05) is 40.3 Å². The molecule has 9 unspecified atom stereocenters. The predicted octanol–water partition coefficient (Wildman–Crippen LogP) is 4.76. The topological polar surface area (TPSA) is 160 Å². The lowest BCUT2D eigenvalue weighted by molar-refractivity contribution is -0.162. The first kappa shape index (κ1) is 43.6. The molecule has 2 fully saturated rings. The Kier molecular flexibility index (Phi) is 13.8. The third-order valence-corrected chi connectivity index (χ3v) is 11.7. The Hall–Kier alpha value is -4.11. The van der Waals surface area contributed by atoms with Gasteiger partial charge in [0.05, 0.1) is 25.3 Å². The number of benzene rings is 1. The van der Waals surface area contributed by atoms with Crippen molar-refractivity contribution >= 4 is 41.2 Å². The number of anilines is 1. The van der Waals surface area contributed by atoms with E-state index in [4.69, 9.17) is 35.3 Å². The number of hydrogen-bond acceptors (Lipinski definition) is 11. The highest BCUT2D eigenvalue weighted by Crippen LogP contribution is 2.49. The number of nitrogens with one attached hydrogen (secondary N) is 1. The second-order valence-corrected chi connectivity index (χ2v) is 15.4. The van der Waals surface area contributed by atoms with Crippen molar-refractivity contribution in [2.24, 2.45) is 5.92 Å². The highest BCUT2D eigenvalue weighted by atomic mass is 35.5. The van der Waals surface area contributed by atoms with E-state index in [0.717, 1.165) is 16.8 Å². The van der Waals surface area contributed by atoms with Gasteiger partial charge in [0.25, 0.3) is 0 Å².